The molecule has 4 aromatic rings. The summed E-state index contributed by atoms with van der Waals surface area (Å²) in [5, 5.41) is 12.0. The van der Waals surface area contributed by atoms with Crippen LogP contribution in [0, 0.1) is 6.92 Å². The lowest BCUT2D eigenvalue weighted by Gasteiger charge is -2.14. The van der Waals surface area contributed by atoms with Crippen LogP contribution in [-0.2, 0) is 0 Å². The fraction of sp³-hybridized carbons (Fsp3) is 0.261. The number of benzene rings is 2. The van der Waals surface area contributed by atoms with E-state index in [4.69, 9.17) is 20.4 Å². The molecule has 0 aliphatic rings. The van der Waals surface area contributed by atoms with Crippen LogP contribution in [0.25, 0.3) is 10.9 Å². The first-order valence-electron chi connectivity index (χ1n) is 10.4. The summed E-state index contributed by atoms with van der Waals surface area (Å²) in [6.07, 6.45) is 0.930. The highest BCUT2D eigenvalue weighted by Crippen LogP contribution is 2.34. The van der Waals surface area contributed by atoms with Crippen LogP contribution >= 0.6 is 11.8 Å². The Labute approximate surface area is 191 Å². The number of fused-ring (bicyclic) bond motifs is 1. The van der Waals surface area contributed by atoms with Crippen molar-refractivity contribution < 1.29 is 4.74 Å². The second-order valence-electron chi connectivity index (χ2n) is 7.74. The SMILES string of the molecule is Cc1cc(Nc2nc(Sc3ccc(N)cc3)nc3c(OCCCN(C)C)cccc23)n[nH]1. The fourth-order valence-corrected chi connectivity index (χ4v) is 3.93. The zero-order valence-electron chi connectivity index (χ0n) is 18.4. The number of aryl methyl sites for hydroxylation is 1. The fourth-order valence-electron chi connectivity index (χ4n) is 3.17. The average molecular weight is 450 g/mol. The van der Waals surface area contributed by atoms with Crippen LogP contribution in [0.15, 0.2) is 58.6 Å². The second kappa shape index (κ2) is 9.88. The maximum atomic E-state index is 6.11. The standard InChI is InChI=1S/C23H27N7OS/c1-15-14-20(29-28-15)25-22-18-6-4-7-19(31-13-5-12-30(2)3)21(18)26-23(27-22)32-17-10-8-16(24)9-11-17/h4,6-11,14H,5,12-13,24H2,1-3H3,(H2,25,26,27,28,29). The zero-order chi connectivity index (χ0) is 22.5. The van der Waals surface area contributed by atoms with Gasteiger partial charge in [0.2, 0.25) is 0 Å². The number of ether oxygens (including phenoxy) is 1. The first-order valence-corrected chi connectivity index (χ1v) is 11.2. The van der Waals surface area contributed by atoms with Crippen molar-refractivity contribution >= 4 is 40.0 Å². The van der Waals surface area contributed by atoms with Crippen molar-refractivity contribution in [2.75, 3.05) is 38.3 Å². The van der Waals surface area contributed by atoms with Gasteiger partial charge in [-0.2, -0.15) is 5.10 Å². The summed E-state index contributed by atoms with van der Waals surface area (Å²) in [7, 11) is 4.11. The van der Waals surface area contributed by atoms with Crippen molar-refractivity contribution in [3.63, 3.8) is 0 Å². The van der Waals surface area contributed by atoms with Gasteiger partial charge in [-0.25, -0.2) is 9.97 Å². The molecule has 2 aromatic carbocycles. The van der Waals surface area contributed by atoms with Crippen LogP contribution in [0.1, 0.15) is 12.1 Å². The Morgan fingerprint density at radius 1 is 1.12 bits per heavy atom. The number of nitrogens with one attached hydrogen (secondary N) is 2. The molecule has 32 heavy (non-hydrogen) atoms. The molecular formula is C23H27N7OS. The molecule has 4 N–H and O–H groups in total. The first-order chi connectivity index (χ1) is 15.5. The largest absolute Gasteiger partial charge is 0.491 e. The van der Waals surface area contributed by atoms with Crippen molar-refractivity contribution in [2.24, 2.45) is 0 Å². The summed E-state index contributed by atoms with van der Waals surface area (Å²) in [4.78, 5) is 12.8. The van der Waals surface area contributed by atoms with E-state index in [2.05, 4.69) is 34.5 Å². The molecule has 166 valence electrons. The molecule has 0 spiro atoms. The number of hydrogen-bond acceptors (Lipinski definition) is 8. The number of aromatic nitrogens is 4. The molecule has 0 saturated carbocycles. The van der Waals surface area contributed by atoms with E-state index in [-0.39, 0.29) is 0 Å². The van der Waals surface area contributed by atoms with E-state index in [1.54, 1.807) is 0 Å². The number of hydrogen-bond donors (Lipinski definition) is 3. The molecule has 2 aromatic heterocycles. The Morgan fingerprint density at radius 3 is 2.66 bits per heavy atom. The van der Waals surface area contributed by atoms with Gasteiger partial charge < -0.3 is 20.7 Å². The first kappa shape index (κ1) is 21.9. The van der Waals surface area contributed by atoms with E-state index in [1.807, 2.05) is 55.5 Å². The van der Waals surface area contributed by atoms with Gasteiger partial charge in [0.25, 0.3) is 0 Å². The molecule has 9 heteroatoms. The molecule has 0 saturated heterocycles. The maximum absolute atomic E-state index is 6.11. The quantitative estimate of drug-likeness (QED) is 0.195. The van der Waals surface area contributed by atoms with Crippen LogP contribution < -0.4 is 15.8 Å². The van der Waals surface area contributed by atoms with Gasteiger partial charge in [0, 0.05) is 34.3 Å². The van der Waals surface area contributed by atoms with E-state index < -0.39 is 0 Å². The predicted molar refractivity (Wildman–Crippen MR) is 130 cm³/mol. The van der Waals surface area contributed by atoms with Crippen LogP contribution in [-0.4, -0.2) is 52.3 Å². The molecule has 8 nitrogen and oxygen atoms in total. The van der Waals surface area contributed by atoms with Crippen molar-refractivity contribution in [3.8, 4) is 5.75 Å². The summed E-state index contributed by atoms with van der Waals surface area (Å²) in [5.41, 5.74) is 8.27. The van der Waals surface area contributed by atoms with Gasteiger partial charge in [0.1, 0.15) is 17.1 Å². The van der Waals surface area contributed by atoms with Crippen molar-refractivity contribution in [3.05, 3.63) is 54.2 Å². The Balaban J connectivity index is 1.69. The Bertz CT molecular complexity index is 1190. The molecular weight excluding hydrogens is 422 g/mol. The molecule has 2 heterocycles. The maximum Gasteiger partial charge on any atom is 0.195 e. The monoisotopic (exact) mass is 449 g/mol. The summed E-state index contributed by atoms with van der Waals surface area (Å²) in [6, 6.07) is 15.5. The molecule has 0 atom stereocenters. The molecule has 0 aliphatic heterocycles. The molecule has 0 aliphatic carbocycles. The number of rotatable bonds is 9. The number of nitrogen functional groups attached to an aromatic ring is 1. The molecule has 4 rings (SSSR count). The van der Waals surface area contributed by atoms with Crippen LogP contribution in [0.3, 0.4) is 0 Å². The highest BCUT2D eigenvalue weighted by Gasteiger charge is 2.14. The molecule has 0 radical (unpaired) electrons. The minimum absolute atomic E-state index is 0.612. The third-order valence-corrected chi connectivity index (χ3v) is 5.59. The van der Waals surface area contributed by atoms with E-state index in [0.29, 0.717) is 23.4 Å². The van der Waals surface area contributed by atoms with Crippen molar-refractivity contribution in [2.45, 2.75) is 23.4 Å². The van der Waals surface area contributed by atoms with Gasteiger partial charge >= 0.3 is 0 Å². The smallest absolute Gasteiger partial charge is 0.195 e. The number of anilines is 3. The van der Waals surface area contributed by atoms with Gasteiger partial charge in [-0.3, -0.25) is 5.10 Å². The third-order valence-electron chi connectivity index (χ3n) is 4.72. The summed E-state index contributed by atoms with van der Waals surface area (Å²) in [5.74, 6) is 2.12. The minimum atomic E-state index is 0.612. The normalized spacial score (nSPS) is 11.2. The summed E-state index contributed by atoms with van der Waals surface area (Å²) in [6.45, 7) is 3.53. The van der Waals surface area contributed by atoms with Gasteiger partial charge in [0.15, 0.2) is 11.0 Å². The third kappa shape index (κ3) is 5.49. The van der Waals surface area contributed by atoms with Crippen LogP contribution in [0.4, 0.5) is 17.3 Å². The zero-order valence-corrected chi connectivity index (χ0v) is 19.2. The summed E-state index contributed by atoms with van der Waals surface area (Å²) >= 11 is 1.47. The number of para-hydroxylation sites is 1. The van der Waals surface area contributed by atoms with Gasteiger partial charge in [0.05, 0.1) is 6.61 Å². The highest BCUT2D eigenvalue weighted by atomic mass is 32.2. The van der Waals surface area contributed by atoms with E-state index in [1.165, 1.54) is 11.8 Å². The second-order valence-corrected chi connectivity index (χ2v) is 8.79. The molecule has 0 unspecified atom stereocenters. The predicted octanol–water partition coefficient (Wildman–Crippen LogP) is 4.47. The lowest BCUT2D eigenvalue weighted by atomic mass is 10.2. The van der Waals surface area contributed by atoms with E-state index in [0.717, 1.165) is 45.9 Å². The van der Waals surface area contributed by atoms with E-state index in [9.17, 15) is 0 Å². The van der Waals surface area contributed by atoms with Crippen molar-refractivity contribution in [1.29, 1.82) is 0 Å². The molecule has 0 amide bonds. The van der Waals surface area contributed by atoms with E-state index >= 15 is 0 Å². The number of H-pyrrole nitrogens is 1. The van der Waals surface area contributed by atoms with Crippen LogP contribution in [0.2, 0.25) is 0 Å². The topological polar surface area (TPSA) is 105 Å². The van der Waals surface area contributed by atoms with Crippen LogP contribution in [0.5, 0.6) is 5.75 Å². The number of aromatic amines is 1. The Hall–Kier alpha value is -3.30. The average Bonchev–Trinajstić information content (AvgIpc) is 3.17. The number of nitrogens with zero attached hydrogens (tertiary/aromatic N) is 4. The van der Waals surface area contributed by atoms with Gasteiger partial charge in [-0.05, 0) is 75.6 Å². The summed E-state index contributed by atoms with van der Waals surface area (Å²) < 4.78 is 6.11. The molecule has 0 bridgehead atoms. The Kier molecular flexibility index (Phi) is 6.77. The lowest BCUT2D eigenvalue weighted by molar-refractivity contribution is 0.283. The Morgan fingerprint density at radius 2 is 1.94 bits per heavy atom. The van der Waals surface area contributed by atoms with Crippen molar-refractivity contribution in [1.82, 2.24) is 25.1 Å². The highest BCUT2D eigenvalue weighted by molar-refractivity contribution is 7.99. The van der Waals surface area contributed by atoms with Gasteiger partial charge in [-0.1, -0.05) is 6.07 Å². The van der Waals surface area contributed by atoms with Gasteiger partial charge in [-0.15, -0.1) is 0 Å². The molecule has 0 fully saturated rings. The lowest BCUT2D eigenvalue weighted by Crippen LogP contribution is -2.15. The number of nitrogens with two attached hydrogens (primary N) is 1. The minimum Gasteiger partial charge on any atom is -0.491 e.